The molecule has 1 saturated heterocycles. The van der Waals surface area contributed by atoms with Crippen molar-refractivity contribution in [2.45, 2.75) is 26.4 Å². The van der Waals surface area contributed by atoms with Gasteiger partial charge in [-0.2, -0.15) is 0 Å². The average molecular weight is 269 g/mol. The fourth-order valence-electron chi connectivity index (χ4n) is 1.64. The molecule has 92 valence electrons. The lowest BCUT2D eigenvalue weighted by molar-refractivity contribution is 0.503. The molecule has 1 atom stereocenters. The van der Waals surface area contributed by atoms with Crippen LogP contribution in [-0.4, -0.2) is 17.0 Å². The van der Waals surface area contributed by atoms with Crippen molar-refractivity contribution in [2.24, 2.45) is 10.9 Å². The van der Waals surface area contributed by atoms with Gasteiger partial charge in [0, 0.05) is 16.8 Å². The molecule has 1 aliphatic heterocycles. The quantitative estimate of drug-likeness (QED) is 0.907. The molecule has 1 aromatic rings. The van der Waals surface area contributed by atoms with E-state index in [1.165, 1.54) is 0 Å². The Kier molecular flexibility index (Phi) is 4.35. The molecule has 1 fully saturated rings. The van der Waals surface area contributed by atoms with Gasteiger partial charge in [0.15, 0.2) is 5.17 Å². The normalized spacial score (nSPS) is 22.1. The number of thioether (sulfide) groups is 1. The number of hydrogen-bond acceptors (Lipinski definition) is 2. The zero-order valence-electron chi connectivity index (χ0n) is 10.1. The molecule has 17 heavy (non-hydrogen) atoms. The van der Waals surface area contributed by atoms with Crippen molar-refractivity contribution in [3.05, 3.63) is 34.9 Å². The Morgan fingerprint density at radius 1 is 1.47 bits per heavy atom. The topological polar surface area (TPSA) is 24.4 Å². The number of halogens is 1. The highest BCUT2D eigenvalue weighted by atomic mass is 35.5. The van der Waals surface area contributed by atoms with Crippen molar-refractivity contribution in [3.8, 4) is 0 Å². The maximum Gasteiger partial charge on any atom is 0.157 e. The maximum atomic E-state index is 6.09. The van der Waals surface area contributed by atoms with E-state index in [4.69, 9.17) is 11.6 Å². The second-order valence-corrected chi connectivity index (χ2v) is 5.93. The highest BCUT2D eigenvalue weighted by molar-refractivity contribution is 8.14. The highest BCUT2D eigenvalue weighted by Crippen LogP contribution is 2.21. The van der Waals surface area contributed by atoms with E-state index < -0.39 is 0 Å². The number of amidine groups is 1. The van der Waals surface area contributed by atoms with Crippen LogP contribution in [0.25, 0.3) is 0 Å². The van der Waals surface area contributed by atoms with Gasteiger partial charge in [0.25, 0.3) is 0 Å². The minimum absolute atomic E-state index is 0.546. The molecule has 4 heteroatoms. The van der Waals surface area contributed by atoms with Crippen molar-refractivity contribution in [1.82, 2.24) is 5.32 Å². The lowest BCUT2D eigenvalue weighted by Crippen LogP contribution is -2.31. The fraction of sp³-hybridized carbons (Fsp3) is 0.462. The number of benzene rings is 1. The van der Waals surface area contributed by atoms with Crippen LogP contribution in [0, 0.1) is 5.92 Å². The number of hydrogen-bond donors (Lipinski definition) is 1. The predicted molar refractivity (Wildman–Crippen MR) is 76.8 cm³/mol. The van der Waals surface area contributed by atoms with Crippen molar-refractivity contribution >= 4 is 28.5 Å². The molecule has 0 radical (unpaired) electrons. The molecule has 0 bridgehead atoms. The number of nitrogens with one attached hydrogen (secondary N) is 1. The molecular formula is C13H17ClN2S. The standard InChI is InChI=1S/C13H17ClN2S/c1-9(2)12-8-17-13(16-12)15-7-10-5-3-4-6-11(10)14/h3-6,9,12H,7-8H2,1-2H3,(H,15,16). The Hall–Kier alpha value is -0.670. The Bertz CT molecular complexity index is 418. The summed E-state index contributed by atoms with van der Waals surface area (Å²) in [6.45, 7) is 5.12. The summed E-state index contributed by atoms with van der Waals surface area (Å²) < 4.78 is 0. The van der Waals surface area contributed by atoms with Crippen LogP contribution in [0.2, 0.25) is 5.02 Å². The Balaban J connectivity index is 1.96. The van der Waals surface area contributed by atoms with Crippen molar-refractivity contribution in [3.63, 3.8) is 0 Å². The first-order chi connectivity index (χ1) is 8.16. The molecular weight excluding hydrogens is 252 g/mol. The highest BCUT2D eigenvalue weighted by Gasteiger charge is 2.22. The van der Waals surface area contributed by atoms with Gasteiger partial charge in [-0.15, -0.1) is 0 Å². The third kappa shape index (κ3) is 3.39. The molecule has 0 aliphatic carbocycles. The van der Waals surface area contributed by atoms with Crippen LogP contribution in [0.3, 0.4) is 0 Å². The van der Waals surface area contributed by atoms with E-state index in [0.717, 1.165) is 21.5 Å². The minimum Gasteiger partial charge on any atom is -0.361 e. The molecule has 1 unspecified atom stereocenters. The zero-order chi connectivity index (χ0) is 12.3. The SMILES string of the molecule is CC(C)C1CSC(=NCc2ccccc2Cl)N1. The molecule has 2 nitrogen and oxygen atoms in total. The van der Waals surface area contributed by atoms with Gasteiger partial charge >= 0.3 is 0 Å². The number of aliphatic imine (C=N–C) groups is 1. The first kappa shape index (κ1) is 12.8. The molecule has 1 aliphatic rings. The van der Waals surface area contributed by atoms with Crippen LogP contribution in [0.5, 0.6) is 0 Å². The zero-order valence-corrected chi connectivity index (χ0v) is 11.7. The molecule has 1 heterocycles. The van der Waals surface area contributed by atoms with E-state index in [9.17, 15) is 0 Å². The Morgan fingerprint density at radius 2 is 2.24 bits per heavy atom. The van der Waals surface area contributed by atoms with Gasteiger partial charge in [0.05, 0.1) is 6.54 Å². The van der Waals surface area contributed by atoms with Crippen LogP contribution < -0.4 is 5.32 Å². The lowest BCUT2D eigenvalue weighted by atomic mass is 10.1. The summed E-state index contributed by atoms with van der Waals surface area (Å²) in [4.78, 5) is 4.57. The minimum atomic E-state index is 0.546. The molecule has 0 amide bonds. The van der Waals surface area contributed by atoms with Crippen LogP contribution in [0.4, 0.5) is 0 Å². The van der Waals surface area contributed by atoms with Crippen LogP contribution in [0.1, 0.15) is 19.4 Å². The molecule has 2 rings (SSSR count). The van der Waals surface area contributed by atoms with E-state index in [-0.39, 0.29) is 0 Å². The third-order valence-corrected chi connectivity index (χ3v) is 4.28. The van der Waals surface area contributed by atoms with Crippen molar-refractivity contribution in [1.29, 1.82) is 0 Å². The fourth-order valence-corrected chi connectivity index (χ4v) is 3.04. The van der Waals surface area contributed by atoms with Crippen LogP contribution in [0.15, 0.2) is 29.3 Å². The number of rotatable bonds is 3. The first-order valence-electron chi connectivity index (χ1n) is 5.84. The second kappa shape index (κ2) is 5.78. The first-order valence-corrected chi connectivity index (χ1v) is 7.20. The van der Waals surface area contributed by atoms with Crippen molar-refractivity contribution in [2.75, 3.05) is 5.75 Å². The summed E-state index contributed by atoms with van der Waals surface area (Å²) in [6, 6.07) is 8.41. The summed E-state index contributed by atoms with van der Waals surface area (Å²) in [5, 5.41) is 5.29. The Labute approximate surface area is 112 Å². The summed E-state index contributed by atoms with van der Waals surface area (Å²) in [6.07, 6.45) is 0. The summed E-state index contributed by atoms with van der Waals surface area (Å²) in [5.74, 6) is 1.76. The smallest absolute Gasteiger partial charge is 0.157 e. The molecule has 1 N–H and O–H groups in total. The van der Waals surface area contributed by atoms with E-state index in [1.54, 1.807) is 11.8 Å². The van der Waals surface area contributed by atoms with Gasteiger partial charge in [0.2, 0.25) is 0 Å². The summed E-state index contributed by atoms with van der Waals surface area (Å²) in [5.41, 5.74) is 1.08. The van der Waals surface area contributed by atoms with Gasteiger partial charge in [-0.1, -0.05) is 55.4 Å². The van der Waals surface area contributed by atoms with E-state index in [2.05, 4.69) is 24.2 Å². The second-order valence-electron chi connectivity index (χ2n) is 4.52. The summed E-state index contributed by atoms with van der Waals surface area (Å²) in [7, 11) is 0. The van der Waals surface area contributed by atoms with E-state index in [0.29, 0.717) is 18.5 Å². The number of nitrogens with zero attached hydrogens (tertiary/aromatic N) is 1. The summed E-state index contributed by atoms with van der Waals surface area (Å²) >= 11 is 7.89. The van der Waals surface area contributed by atoms with Crippen LogP contribution in [-0.2, 0) is 6.54 Å². The van der Waals surface area contributed by atoms with Gasteiger partial charge in [-0.3, -0.25) is 4.99 Å². The van der Waals surface area contributed by atoms with Gasteiger partial charge in [-0.05, 0) is 17.5 Å². The average Bonchev–Trinajstić information content (AvgIpc) is 2.77. The van der Waals surface area contributed by atoms with Crippen molar-refractivity contribution < 1.29 is 0 Å². The third-order valence-electron chi connectivity index (χ3n) is 2.86. The molecule has 0 saturated carbocycles. The maximum absolute atomic E-state index is 6.09. The predicted octanol–water partition coefficient (Wildman–Crippen LogP) is 3.56. The van der Waals surface area contributed by atoms with Gasteiger partial charge in [0.1, 0.15) is 0 Å². The van der Waals surface area contributed by atoms with E-state index in [1.807, 2.05) is 24.3 Å². The molecule has 0 aromatic heterocycles. The monoisotopic (exact) mass is 268 g/mol. The molecule has 1 aromatic carbocycles. The molecule has 0 spiro atoms. The largest absolute Gasteiger partial charge is 0.361 e. The van der Waals surface area contributed by atoms with Gasteiger partial charge in [-0.25, -0.2) is 0 Å². The lowest BCUT2D eigenvalue weighted by Gasteiger charge is -2.13. The van der Waals surface area contributed by atoms with Gasteiger partial charge < -0.3 is 5.32 Å². The van der Waals surface area contributed by atoms with Crippen LogP contribution >= 0.6 is 23.4 Å². The Morgan fingerprint density at radius 3 is 2.88 bits per heavy atom. The van der Waals surface area contributed by atoms with E-state index >= 15 is 0 Å².